The lowest BCUT2D eigenvalue weighted by Crippen LogP contribution is -2.52. The van der Waals surface area contributed by atoms with Crippen molar-refractivity contribution in [1.29, 1.82) is 0 Å². The molecule has 3 fully saturated rings. The smallest absolute Gasteiger partial charge is 0.255 e. The van der Waals surface area contributed by atoms with Crippen LogP contribution in [0.15, 0.2) is 42.5 Å². The second kappa shape index (κ2) is 11.5. The zero-order chi connectivity index (χ0) is 26.8. The number of carbonyl (C=O) groups is 3. The Labute approximate surface area is 230 Å². The molecule has 6 rings (SSSR count). The Bertz CT molecular complexity index is 1220. The summed E-state index contributed by atoms with van der Waals surface area (Å²) in [4.78, 5) is 40.9. The Balaban J connectivity index is 0.996. The van der Waals surface area contributed by atoms with Crippen molar-refractivity contribution < 1.29 is 19.1 Å². The van der Waals surface area contributed by atoms with E-state index in [9.17, 15) is 14.4 Å². The topological polar surface area (TPSA) is 91.0 Å². The van der Waals surface area contributed by atoms with Crippen molar-refractivity contribution in [1.82, 2.24) is 15.5 Å². The van der Waals surface area contributed by atoms with Crippen LogP contribution in [0.3, 0.4) is 0 Å². The molecule has 2 aromatic carbocycles. The van der Waals surface area contributed by atoms with E-state index < -0.39 is 6.04 Å². The van der Waals surface area contributed by atoms with E-state index in [2.05, 4.69) is 45.9 Å². The van der Waals surface area contributed by atoms with Crippen LogP contribution in [-0.4, -0.2) is 60.9 Å². The summed E-state index contributed by atoms with van der Waals surface area (Å²) in [5.74, 6) is -0.0841. The van der Waals surface area contributed by atoms with Crippen molar-refractivity contribution in [3.8, 4) is 0 Å². The number of rotatable bonds is 7. The molecular weight excluding hydrogens is 492 g/mol. The summed E-state index contributed by atoms with van der Waals surface area (Å²) < 4.78 is 6.07. The Hall–Kier alpha value is -3.23. The molecule has 0 bridgehead atoms. The summed E-state index contributed by atoms with van der Waals surface area (Å²) in [7, 11) is 0. The van der Waals surface area contributed by atoms with Gasteiger partial charge < -0.3 is 19.9 Å². The van der Waals surface area contributed by atoms with Gasteiger partial charge in [0.1, 0.15) is 6.04 Å². The molecular formula is C31H38N4O4. The van der Waals surface area contributed by atoms with Crippen LogP contribution in [0.25, 0.3) is 0 Å². The van der Waals surface area contributed by atoms with Gasteiger partial charge >= 0.3 is 0 Å². The standard InChI is InChI=1S/C31H38N4O4/c36-29-10-9-28(30(37)33-29)35-19-24-17-25(7-8-27(24)31(35)38)34-14-11-22(12-15-34)16-21-3-5-23(6-4-21)20-39-26-2-1-13-32-18-26/h3-8,17,22,26,28,32H,1-2,9-16,18-20H2,(H,33,36,37)/t26-,28?/m1/s1. The second-order valence-corrected chi connectivity index (χ2v) is 11.5. The summed E-state index contributed by atoms with van der Waals surface area (Å²) in [5.41, 5.74) is 5.41. The molecule has 0 aliphatic carbocycles. The SMILES string of the molecule is O=C1CCC(N2Cc3cc(N4CCC(Cc5ccc(CO[C@@H]6CCCNC6)cc5)CC4)ccc3C2=O)C(=O)N1. The first-order chi connectivity index (χ1) is 19.0. The van der Waals surface area contributed by atoms with Gasteiger partial charge in [-0.3, -0.25) is 19.7 Å². The van der Waals surface area contributed by atoms with E-state index in [4.69, 9.17) is 4.74 Å². The number of nitrogens with one attached hydrogen (secondary N) is 2. The van der Waals surface area contributed by atoms with E-state index in [0.29, 0.717) is 37.2 Å². The molecule has 3 amide bonds. The fraction of sp³-hybridized carbons (Fsp3) is 0.516. The number of hydrogen-bond donors (Lipinski definition) is 2. The predicted octanol–water partition coefficient (Wildman–Crippen LogP) is 3.18. The summed E-state index contributed by atoms with van der Waals surface area (Å²) >= 11 is 0. The van der Waals surface area contributed by atoms with Crippen molar-refractivity contribution in [3.63, 3.8) is 0 Å². The van der Waals surface area contributed by atoms with Crippen molar-refractivity contribution in [2.24, 2.45) is 5.92 Å². The highest BCUT2D eigenvalue weighted by Crippen LogP contribution is 2.32. The normalized spacial score (nSPS) is 24.2. The van der Waals surface area contributed by atoms with Crippen LogP contribution in [0.2, 0.25) is 0 Å². The Morgan fingerprint density at radius 2 is 1.72 bits per heavy atom. The van der Waals surface area contributed by atoms with Gasteiger partial charge in [0.05, 0.1) is 12.7 Å². The van der Waals surface area contributed by atoms with Crippen molar-refractivity contribution >= 4 is 23.4 Å². The van der Waals surface area contributed by atoms with E-state index in [1.165, 1.54) is 17.5 Å². The maximum Gasteiger partial charge on any atom is 0.255 e. The second-order valence-electron chi connectivity index (χ2n) is 11.5. The van der Waals surface area contributed by atoms with Gasteiger partial charge in [0, 0.05) is 43.9 Å². The largest absolute Gasteiger partial charge is 0.372 e. The number of carbonyl (C=O) groups excluding carboxylic acids is 3. The molecule has 3 saturated heterocycles. The van der Waals surface area contributed by atoms with Gasteiger partial charge in [0.2, 0.25) is 11.8 Å². The minimum atomic E-state index is -0.572. The molecule has 206 valence electrons. The number of nitrogens with zero attached hydrogens (tertiary/aromatic N) is 2. The molecule has 39 heavy (non-hydrogen) atoms. The van der Waals surface area contributed by atoms with Gasteiger partial charge in [-0.25, -0.2) is 0 Å². The summed E-state index contributed by atoms with van der Waals surface area (Å²) in [6, 6.07) is 14.4. The van der Waals surface area contributed by atoms with Gasteiger partial charge in [-0.15, -0.1) is 0 Å². The Morgan fingerprint density at radius 1 is 0.923 bits per heavy atom. The molecule has 0 saturated carbocycles. The highest BCUT2D eigenvalue weighted by Gasteiger charge is 2.39. The number of ether oxygens (including phenoxy) is 1. The van der Waals surface area contributed by atoms with Gasteiger partial charge in [0.25, 0.3) is 5.91 Å². The van der Waals surface area contributed by atoms with Gasteiger partial charge in [-0.05, 0) is 85.9 Å². The molecule has 4 aliphatic heterocycles. The third-order valence-electron chi connectivity index (χ3n) is 8.77. The molecule has 0 aromatic heterocycles. The summed E-state index contributed by atoms with van der Waals surface area (Å²) in [6.45, 7) is 5.16. The Morgan fingerprint density at radius 3 is 2.46 bits per heavy atom. The van der Waals surface area contributed by atoms with E-state index in [1.807, 2.05) is 12.1 Å². The van der Waals surface area contributed by atoms with Gasteiger partial charge in [-0.2, -0.15) is 0 Å². The lowest BCUT2D eigenvalue weighted by atomic mass is 9.89. The molecule has 4 heterocycles. The van der Waals surface area contributed by atoms with E-state index in [0.717, 1.165) is 63.1 Å². The van der Waals surface area contributed by atoms with Crippen LogP contribution in [0.5, 0.6) is 0 Å². The molecule has 2 N–H and O–H groups in total. The minimum Gasteiger partial charge on any atom is -0.372 e. The molecule has 8 heteroatoms. The first-order valence-electron chi connectivity index (χ1n) is 14.5. The van der Waals surface area contributed by atoms with Crippen molar-refractivity contribution in [2.75, 3.05) is 31.1 Å². The average Bonchev–Trinajstić information content (AvgIpc) is 3.29. The first kappa shape index (κ1) is 26.0. The number of fused-ring (bicyclic) bond motifs is 1. The number of anilines is 1. The monoisotopic (exact) mass is 530 g/mol. The summed E-state index contributed by atoms with van der Waals surface area (Å²) in [5, 5.41) is 5.77. The van der Waals surface area contributed by atoms with Crippen LogP contribution < -0.4 is 15.5 Å². The average molecular weight is 531 g/mol. The first-order valence-corrected chi connectivity index (χ1v) is 14.5. The number of amides is 3. The molecule has 2 aromatic rings. The maximum atomic E-state index is 13.0. The fourth-order valence-electron chi connectivity index (χ4n) is 6.43. The van der Waals surface area contributed by atoms with Crippen LogP contribution >= 0.6 is 0 Å². The minimum absolute atomic E-state index is 0.117. The van der Waals surface area contributed by atoms with Crippen LogP contribution in [0.1, 0.15) is 65.6 Å². The molecule has 1 unspecified atom stereocenters. The molecule has 4 aliphatic rings. The van der Waals surface area contributed by atoms with Crippen molar-refractivity contribution in [2.45, 2.75) is 70.2 Å². The quantitative estimate of drug-likeness (QED) is 0.535. The zero-order valence-corrected chi connectivity index (χ0v) is 22.5. The molecule has 2 atom stereocenters. The van der Waals surface area contributed by atoms with E-state index in [-0.39, 0.29) is 24.1 Å². The molecule has 0 spiro atoms. The molecule has 8 nitrogen and oxygen atoms in total. The highest BCUT2D eigenvalue weighted by molar-refractivity contribution is 6.05. The van der Waals surface area contributed by atoms with E-state index in [1.54, 1.807) is 4.90 Å². The number of benzene rings is 2. The third-order valence-corrected chi connectivity index (χ3v) is 8.77. The Kier molecular flexibility index (Phi) is 7.66. The lowest BCUT2D eigenvalue weighted by molar-refractivity contribution is -0.136. The molecule has 0 radical (unpaired) electrons. The van der Waals surface area contributed by atoms with Gasteiger partial charge in [-0.1, -0.05) is 24.3 Å². The highest BCUT2D eigenvalue weighted by atomic mass is 16.5. The van der Waals surface area contributed by atoms with Crippen molar-refractivity contribution in [3.05, 3.63) is 64.7 Å². The fourth-order valence-corrected chi connectivity index (χ4v) is 6.43. The predicted molar refractivity (Wildman–Crippen MR) is 148 cm³/mol. The van der Waals surface area contributed by atoms with Crippen LogP contribution in [-0.2, 0) is 33.9 Å². The number of hydrogen-bond acceptors (Lipinski definition) is 6. The van der Waals surface area contributed by atoms with E-state index >= 15 is 0 Å². The third kappa shape index (κ3) is 5.87. The number of imide groups is 1. The van der Waals surface area contributed by atoms with Gasteiger partial charge in [0.15, 0.2) is 0 Å². The van der Waals surface area contributed by atoms with Crippen LogP contribution in [0, 0.1) is 5.92 Å². The van der Waals surface area contributed by atoms with Crippen LogP contribution in [0.4, 0.5) is 5.69 Å². The lowest BCUT2D eigenvalue weighted by Gasteiger charge is -2.34. The summed E-state index contributed by atoms with van der Waals surface area (Å²) in [6.07, 6.45) is 6.70. The maximum absolute atomic E-state index is 13.0. The zero-order valence-electron chi connectivity index (χ0n) is 22.5. The number of piperidine rings is 3.